The van der Waals surface area contributed by atoms with Crippen LogP contribution in [0.5, 0.6) is 0 Å². The number of amides is 2. The van der Waals surface area contributed by atoms with Gasteiger partial charge in [0.15, 0.2) is 0 Å². The van der Waals surface area contributed by atoms with Gasteiger partial charge in [0.05, 0.1) is 5.41 Å². The zero-order valence-corrected chi connectivity index (χ0v) is 7.00. The second kappa shape index (κ2) is 1.84. The van der Waals surface area contributed by atoms with E-state index in [4.69, 9.17) is 0 Å². The average Bonchev–Trinajstić information content (AvgIpc) is 2.66. The van der Waals surface area contributed by atoms with Gasteiger partial charge in [-0.1, -0.05) is 0 Å². The van der Waals surface area contributed by atoms with Crippen LogP contribution < -0.4 is 5.32 Å². The van der Waals surface area contributed by atoms with Crippen molar-refractivity contribution in [1.29, 1.82) is 0 Å². The zero-order chi connectivity index (χ0) is 9.22. The summed E-state index contributed by atoms with van der Waals surface area (Å²) in [6.45, 7) is 0. The van der Waals surface area contributed by atoms with Gasteiger partial charge in [-0.25, -0.2) is 0 Å². The van der Waals surface area contributed by atoms with Crippen LogP contribution in [0.4, 0.5) is 0 Å². The quantitative estimate of drug-likeness (QED) is 0.407. The monoisotopic (exact) mass is 179 g/mol. The Morgan fingerprint density at radius 3 is 2.77 bits per heavy atom. The Hall–Kier alpha value is -1.19. The number of hydrogen-bond acceptors (Lipinski definition) is 3. The summed E-state index contributed by atoms with van der Waals surface area (Å²) in [6.07, 6.45) is 2.11. The minimum atomic E-state index is -0.640. The fourth-order valence-corrected chi connectivity index (χ4v) is 3.11. The van der Waals surface area contributed by atoms with E-state index >= 15 is 0 Å². The molecule has 2 amide bonds. The van der Waals surface area contributed by atoms with Crippen LogP contribution in [0.2, 0.25) is 0 Å². The molecule has 0 aromatic rings. The highest BCUT2D eigenvalue weighted by Gasteiger charge is 2.67. The molecule has 1 saturated heterocycles. The van der Waals surface area contributed by atoms with Crippen molar-refractivity contribution in [2.24, 2.45) is 17.3 Å². The van der Waals surface area contributed by atoms with E-state index in [0.717, 1.165) is 6.42 Å². The van der Waals surface area contributed by atoms with Gasteiger partial charge in [-0.05, 0) is 19.3 Å². The molecule has 2 bridgehead atoms. The summed E-state index contributed by atoms with van der Waals surface area (Å²) in [7, 11) is 0. The number of ketones is 1. The Labute approximate surface area is 74.7 Å². The van der Waals surface area contributed by atoms with Crippen molar-refractivity contribution in [3.05, 3.63) is 0 Å². The summed E-state index contributed by atoms with van der Waals surface area (Å²) in [5.41, 5.74) is -0.626. The van der Waals surface area contributed by atoms with Gasteiger partial charge >= 0.3 is 0 Å². The van der Waals surface area contributed by atoms with E-state index < -0.39 is 11.3 Å². The molecule has 2 aliphatic carbocycles. The molecular weight excluding hydrogens is 170 g/mol. The zero-order valence-electron chi connectivity index (χ0n) is 7.00. The first kappa shape index (κ1) is 7.24. The lowest BCUT2D eigenvalue weighted by molar-refractivity contribution is -0.135. The number of Topliss-reactive ketones (excluding diaryl/α,β-unsaturated/α-hetero) is 1. The van der Waals surface area contributed by atoms with Crippen molar-refractivity contribution >= 4 is 17.6 Å². The van der Waals surface area contributed by atoms with Crippen molar-refractivity contribution in [2.45, 2.75) is 19.3 Å². The number of nitrogens with one attached hydrogen (secondary N) is 1. The lowest BCUT2D eigenvalue weighted by Gasteiger charge is -2.21. The van der Waals surface area contributed by atoms with Crippen LogP contribution in [0.1, 0.15) is 19.3 Å². The van der Waals surface area contributed by atoms with Crippen LogP contribution >= 0.6 is 0 Å². The highest BCUT2D eigenvalue weighted by molar-refractivity contribution is 6.20. The maximum absolute atomic E-state index is 11.6. The van der Waals surface area contributed by atoms with Crippen LogP contribution in [0.15, 0.2) is 0 Å². The Bertz CT molecular complexity index is 347. The molecule has 4 heteroatoms. The topological polar surface area (TPSA) is 63.2 Å². The summed E-state index contributed by atoms with van der Waals surface area (Å²) < 4.78 is 0. The number of carbonyl (C=O) groups is 3. The SMILES string of the molecule is O=C1NC(=O)C23CCC(C2)C(=O)C13. The van der Waals surface area contributed by atoms with Gasteiger partial charge in [-0.2, -0.15) is 0 Å². The predicted octanol–water partition coefficient (Wildman–Crippen LogP) is -0.372. The van der Waals surface area contributed by atoms with Crippen LogP contribution in [0.25, 0.3) is 0 Å². The highest BCUT2D eigenvalue weighted by atomic mass is 16.2. The van der Waals surface area contributed by atoms with E-state index in [1.807, 2.05) is 0 Å². The molecule has 0 radical (unpaired) electrons. The number of hydrogen-bond donors (Lipinski definition) is 1. The minimum absolute atomic E-state index is 0.00500. The third-order valence-electron chi connectivity index (χ3n) is 3.74. The van der Waals surface area contributed by atoms with Crippen molar-refractivity contribution < 1.29 is 14.4 Å². The largest absolute Gasteiger partial charge is 0.298 e. The van der Waals surface area contributed by atoms with Crippen molar-refractivity contribution in [3.8, 4) is 0 Å². The normalized spacial score (nSPS) is 46.9. The number of fused-ring (bicyclic) bond motifs is 1. The molecule has 3 fully saturated rings. The van der Waals surface area contributed by atoms with Gasteiger partial charge in [-0.3, -0.25) is 19.7 Å². The molecule has 1 spiro atoms. The van der Waals surface area contributed by atoms with Gasteiger partial charge in [-0.15, -0.1) is 0 Å². The fourth-order valence-electron chi connectivity index (χ4n) is 3.11. The van der Waals surface area contributed by atoms with Crippen LogP contribution in [0, 0.1) is 17.3 Å². The van der Waals surface area contributed by atoms with Crippen LogP contribution in [-0.2, 0) is 14.4 Å². The molecule has 3 aliphatic rings. The third-order valence-corrected chi connectivity index (χ3v) is 3.74. The summed E-state index contributed by atoms with van der Waals surface area (Å²) in [6, 6.07) is 0. The summed E-state index contributed by atoms with van der Waals surface area (Å²) >= 11 is 0. The summed E-state index contributed by atoms with van der Waals surface area (Å²) in [5, 5.41) is 2.27. The molecule has 1 N–H and O–H groups in total. The first-order valence-corrected chi connectivity index (χ1v) is 4.54. The molecule has 3 rings (SSSR count). The summed E-state index contributed by atoms with van der Waals surface area (Å²) in [4.78, 5) is 34.4. The first-order valence-electron chi connectivity index (χ1n) is 4.54. The van der Waals surface area contributed by atoms with Crippen LogP contribution in [0.3, 0.4) is 0 Å². The molecular formula is C9H9NO3. The second-order valence-electron chi connectivity index (χ2n) is 4.25. The molecule has 0 aromatic heterocycles. The van der Waals surface area contributed by atoms with E-state index in [0.29, 0.717) is 12.8 Å². The lowest BCUT2D eigenvalue weighted by Crippen LogP contribution is -2.33. The van der Waals surface area contributed by atoms with Crippen LogP contribution in [-0.4, -0.2) is 17.6 Å². The smallest absolute Gasteiger partial charge is 0.238 e. The minimum Gasteiger partial charge on any atom is -0.298 e. The van der Waals surface area contributed by atoms with Gasteiger partial charge in [0, 0.05) is 5.92 Å². The maximum atomic E-state index is 11.6. The molecule has 2 saturated carbocycles. The third kappa shape index (κ3) is 0.587. The maximum Gasteiger partial charge on any atom is 0.238 e. The van der Waals surface area contributed by atoms with E-state index in [1.54, 1.807) is 0 Å². The predicted molar refractivity (Wildman–Crippen MR) is 41.4 cm³/mol. The highest BCUT2D eigenvalue weighted by Crippen LogP contribution is 2.57. The molecule has 68 valence electrons. The van der Waals surface area contributed by atoms with Crippen molar-refractivity contribution in [1.82, 2.24) is 5.32 Å². The van der Waals surface area contributed by atoms with E-state index in [1.165, 1.54) is 0 Å². The average molecular weight is 179 g/mol. The van der Waals surface area contributed by atoms with Gasteiger partial charge < -0.3 is 0 Å². The molecule has 3 unspecified atom stereocenters. The van der Waals surface area contributed by atoms with Gasteiger partial charge in [0.25, 0.3) is 0 Å². The van der Waals surface area contributed by atoms with Gasteiger partial charge in [0.1, 0.15) is 11.7 Å². The number of rotatable bonds is 0. The Morgan fingerprint density at radius 1 is 1.31 bits per heavy atom. The Kier molecular flexibility index (Phi) is 1.02. The van der Waals surface area contributed by atoms with E-state index in [9.17, 15) is 14.4 Å². The standard InChI is InChI=1S/C9H9NO3/c11-6-4-1-2-9(3-4)5(6)7(12)10-8(9)13/h4-5H,1-3H2,(H,10,12,13). The van der Waals surface area contributed by atoms with E-state index in [-0.39, 0.29) is 23.5 Å². The van der Waals surface area contributed by atoms with Crippen molar-refractivity contribution in [3.63, 3.8) is 0 Å². The number of carbonyl (C=O) groups excluding carboxylic acids is 3. The molecule has 1 aliphatic heterocycles. The molecule has 0 aromatic carbocycles. The van der Waals surface area contributed by atoms with E-state index in [2.05, 4.69) is 5.32 Å². The molecule has 1 heterocycles. The fraction of sp³-hybridized carbons (Fsp3) is 0.667. The summed E-state index contributed by atoms with van der Waals surface area (Å²) in [5.74, 6) is -1.23. The molecule has 4 nitrogen and oxygen atoms in total. The van der Waals surface area contributed by atoms with Crippen molar-refractivity contribution in [2.75, 3.05) is 0 Å². The number of imide groups is 1. The molecule has 13 heavy (non-hydrogen) atoms. The second-order valence-corrected chi connectivity index (χ2v) is 4.25. The lowest BCUT2D eigenvalue weighted by atomic mass is 9.76. The molecule has 3 atom stereocenters. The van der Waals surface area contributed by atoms with Gasteiger partial charge in [0.2, 0.25) is 11.8 Å². The first-order chi connectivity index (χ1) is 6.15. The Balaban J connectivity index is 2.17. The Morgan fingerprint density at radius 2 is 2.08 bits per heavy atom.